The molecule has 1 aromatic carbocycles. The standard InChI is InChI=1S/C27H36N6O3S.ClH/c1-20-6-5-7-21(2)26(20)32-15-13-31(14-16-32)25-11-10-24(33(34)35)27(29-25)28-12-17-37-19-23-9-8-22(36-23)18-30(3)4;/h5-11H,12-19H2,1-4H3,(H,28,29);1H. The molecule has 206 valence electrons. The van der Waals surface area contributed by atoms with Gasteiger partial charge in [-0.25, -0.2) is 4.98 Å². The molecule has 38 heavy (non-hydrogen) atoms. The minimum absolute atomic E-state index is 0. The van der Waals surface area contributed by atoms with Gasteiger partial charge in [0.15, 0.2) is 5.76 Å². The lowest BCUT2D eigenvalue weighted by atomic mass is 10.1. The maximum atomic E-state index is 11.6. The van der Waals surface area contributed by atoms with Gasteiger partial charge in [-0.3, -0.25) is 10.1 Å². The molecule has 2 aromatic heterocycles. The van der Waals surface area contributed by atoms with Gasteiger partial charge in [-0.15, -0.1) is 0 Å². The van der Waals surface area contributed by atoms with Crippen LogP contribution in [0.1, 0.15) is 22.6 Å². The predicted octanol–water partition coefficient (Wildman–Crippen LogP) is 0.520. The second-order valence-electron chi connectivity index (χ2n) is 9.74. The van der Waals surface area contributed by atoms with Crippen LogP contribution in [0.4, 0.5) is 23.0 Å². The number of furan rings is 1. The van der Waals surface area contributed by atoms with E-state index < -0.39 is 0 Å². The molecule has 11 heteroatoms. The number of aryl methyl sites for hydroxylation is 2. The lowest BCUT2D eigenvalue weighted by Crippen LogP contribution is -3.04. The fourth-order valence-corrected chi connectivity index (χ4v) is 5.46. The first kappa shape index (κ1) is 29.6. The summed E-state index contributed by atoms with van der Waals surface area (Å²) < 4.78 is 5.87. The number of halogens is 1. The van der Waals surface area contributed by atoms with Crippen molar-refractivity contribution in [3.63, 3.8) is 0 Å². The summed E-state index contributed by atoms with van der Waals surface area (Å²) >= 11 is 1.73. The Morgan fingerprint density at radius 2 is 1.68 bits per heavy atom. The van der Waals surface area contributed by atoms with Gasteiger partial charge in [0.2, 0.25) is 5.82 Å². The summed E-state index contributed by atoms with van der Waals surface area (Å²) in [5, 5.41) is 14.8. The van der Waals surface area contributed by atoms with Crippen molar-refractivity contribution < 1.29 is 26.6 Å². The van der Waals surface area contributed by atoms with Gasteiger partial charge in [-0.2, -0.15) is 11.8 Å². The quantitative estimate of drug-likeness (QED) is 0.199. The number of benzene rings is 1. The molecule has 0 atom stereocenters. The van der Waals surface area contributed by atoms with E-state index in [1.165, 1.54) is 21.7 Å². The summed E-state index contributed by atoms with van der Waals surface area (Å²) in [6, 6.07) is 13.8. The van der Waals surface area contributed by atoms with Crippen molar-refractivity contribution in [1.82, 2.24) is 4.98 Å². The van der Waals surface area contributed by atoms with Crippen LogP contribution in [0.25, 0.3) is 0 Å². The van der Waals surface area contributed by atoms with Crippen molar-refractivity contribution in [2.75, 3.05) is 67.7 Å². The topological polar surface area (TPSA) is 92.1 Å². The smallest absolute Gasteiger partial charge is 0.311 e. The van der Waals surface area contributed by atoms with E-state index in [1.54, 1.807) is 23.9 Å². The zero-order chi connectivity index (χ0) is 26.4. The second-order valence-corrected chi connectivity index (χ2v) is 10.8. The largest absolute Gasteiger partial charge is 1.00 e. The highest BCUT2D eigenvalue weighted by molar-refractivity contribution is 7.98. The maximum absolute atomic E-state index is 11.6. The fraction of sp³-hybridized carbons (Fsp3) is 0.444. The Labute approximate surface area is 235 Å². The number of hydrogen-bond donors (Lipinski definition) is 2. The van der Waals surface area contributed by atoms with Gasteiger partial charge < -0.3 is 36.8 Å². The summed E-state index contributed by atoms with van der Waals surface area (Å²) in [6.07, 6.45) is 0. The van der Waals surface area contributed by atoms with E-state index in [0.29, 0.717) is 12.4 Å². The third-order valence-corrected chi connectivity index (χ3v) is 7.43. The normalized spacial score (nSPS) is 13.5. The molecule has 0 bridgehead atoms. The molecule has 1 aliphatic heterocycles. The first-order chi connectivity index (χ1) is 17.8. The van der Waals surface area contributed by atoms with Gasteiger partial charge in [0.25, 0.3) is 0 Å². The van der Waals surface area contributed by atoms with Gasteiger partial charge in [0, 0.05) is 50.2 Å². The number of rotatable bonds is 11. The van der Waals surface area contributed by atoms with Crippen LogP contribution in [-0.4, -0.2) is 62.5 Å². The lowest BCUT2D eigenvalue weighted by Gasteiger charge is -2.38. The van der Waals surface area contributed by atoms with E-state index in [1.807, 2.05) is 12.1 Å². The zero-order valence-electron chi connectivity index (χ0n) is 22.5. The summed E-state index contributed by atoms with van der Waals surface area (Å²) in [5.41, 5.74) is 3.88. The number of aromatic nitrogens is 1. The van der Waals surface area contributed by atoms with Gasteiger partial charge in [-0.05, 0) is 43.2 Å². The van der Waals surface area contributed by atoms with E-state index in [0.717, 1.165) is 61.6 Å². The van der Waals surface area contributed by atoms with Crippen molar-refractivity contribution in [3.05, 3.63) is 75.2 Å². The number of nitrogens with zero attached hydrogens (tertiary/aromatic N) is 4. The average Bonchev–Trinajstić information content (AvgIpc) is 3.30. The Balaban J connectivity index is 0.00000400. The number of hydrogen-bond acceptors (Lipinski definition) is 8. The van der Waals surface area contributed by atoms with Gasteiger partial charge in [-0.1, -0.05) is 18.2 Å². The molecule has 0 radical (unpaired) electrons. The molecule has 0 unspecified atom stereocenters. The van der Waals surface area contributed by atoms with E-state index in [9.17, 15) is 10.1 Å². The van der Waals surface area contributed by atoms with Gasteiger partial charge in [0.1, 0.15) is 18.1 Å². The first-order valence-corrected chi connectivity index (χ1v) is 13.9. The number of nitro groups is 1. The molecule has 0 amide bonds. The van der Waals surface area contributed by atoms with E-state index in [-0.39, 0.29) is 23.0 Å². The summed E-state index contributed by atoms with van der Waals surface area (Å²) in [4.78, 5) is 21.8. The summed E-state index contributed by atoms with van der Waals surface area (Å²) in [6.45, 7) is 9.14. The Morgan fingerprint density at radius 1 is 1.03 bits per heavy atom. The Kier molecular flexibility index (Phi) is 10.7. The number of thioether (sulfide) groups is 1. The van der Waals surface area contributed by atoms with E-state index >= 15 is 0 Å². The van der Waals surface area contributed by atoms with Crippen LogP contribution in [0.2, 0.25) is 0 Å². The molecule has 1 fully saturated rings. The van der Waals surface area contributed by atoms with Gasteiger partial charge in [0.05, 0.1) is 24.8 Å². The summed E-state index contributed by atoms with van der Waals surface area (Å²) in [7, 11) is 4.19. The van der Waals surface area contributed by atoms with E-state index in [4.69, 9.17) is 4.42 Å². The third kappa shape index (κ3) is 7.55. The minimum atomic E-state index is -0.373. The predicted molar refractivity (Wildman–Crippen MR) is 151 cm³/mol. The van der Waals surface area contributed by atoms with Crippen molar-refractivity contribution >= 4 is 34.8 Å². The highest BCUT2D eigenvalue weighted by Crippen LogP contribution is 2.29. The van der Waals surface area contributed by atoms with Crippen LogP contribution >= 0.6 is 11.8 Å². The fourth-order valence-electron chi connectivity index (χ4n) is 4.72. The number of nitrogens with one attached hydrogen (secondary N) is 2. The minimum Gasteiger partial charge on any atom is -1.00 e. The molecule has 0 saturated carbocycles. The van der Waals surface area contributed by atoms with Crippen molar-refractivity contribution in [2.45, 2.75) is 26.1 Å². The van der Waals surface area contributed by atoms with E-state index in [2.05, 4.69) is 66.2 Å². The zero-order valence-corrected chi connectivity index (χ0v) is 24.1. The Morgan fingerprint density at radius 3 is 2.34 bits per heavy atom. The lowest BCUT2D eigenvalue weighted by molar-refractivity contribution is -0.873. The summed E-state index contributed by atoms with van der Waals surface area (Å²) in [5.74, 6) is 4.59. The van der Waals surface area contributed by atoms with Crippen LogP contribution in [0.3, 0.4) is 0 Å². The number of para-hydroxylation sites is 1. The van der Waals surface area contributed by atoms with Gasteiger partial charge >= 0.3 is 5.69 Å². The molecular formula is C27H37ClN6O3S. The SMILES string of the molecule is Cc1cccc(C)c1N1CCN(c2ccc([N+](=O)[O-])c(NCCSCc3ccc(C[NH+](C)C)o3)n2)CC1.[Cl-]. The highest BCUT2D eigenvalue weighted by Gasteiger charge is 2.23. The molecule has 3 heterocycles. The maximum Gasteiger partial charge on any atom is 0.311 e. The van der Waals surface area contributed by atoms with Crippen LogP contribution in [-0.2, 0) is 12.3 Å². The highest BCUT2D eigenvalue weighted by atomic mass is 35.5. The molecule has 2 N–H and O–H groups in total. The number of piperazine rings is 1. The first-order valence-electron chi connectivity index (χ1n) is 12.7. The molecule has 0 spiro atoms. The van der Waals surface area contributed by atoms with Crippen molar-refractivity contribution in [1.29, 1.82) is 0 Å². The molecule has 4 rings (SSSR count). The number of quaternary nitrogens is 1. The third-order valence-electron chi connectivity index (χ3n) is 6.44. The Hall–Kier alpha value is -2.95. The average molecular weight is 561 g/mol. The van der Waals surface area contributed by atoms with Crippen LogP contribution < -0.4 is 32.4 Å². The van der Waals surface area contributed by atoms with Crippen molar-refractivity contribution in [2.24, 2.45) is 0 Å². The molecule has 0 aliphatic carbocycles. The number of anilines is 3. The van der Waals surface area contributed by atoms with Crippen LogP contribution in [0.15, 0.2) is 46.9 Å². The monoisotopic (exact) mass is 560 g/mol. The molecule has 1 aliphatic rings. The van der Waals surface area contributed by atoms with Crippen LogP contribution in [0, 0.1) is 24.0 Å². The molecule has 3 aromatic rings. The molecular weight excluding hydrogens is 524 g/mol. The Bertz CT molecular complexity index is 1190. The van der Waals surface area contributed by atoms with Crippen LogP contribution in [0.5, 0.6) is 0 Å². The molecule has 1 saturated heterocycles. The number of pyridine rings is 1. The second kappa shape index (κ2) is 13.7. The molecule has 9 nitrogen and oxygen atoms in total. The van der Waals surface area contributed by atoms with Crippen molar-refractivity contribution in [3.8, 4) is 0 Å².